The van der Waals surface area contributed by atoms with Crippen LogP contribution in [0.4, 0.5) is 0 Å². The molecule has 19 heavy (non-hydrogen) atoms. The minimum Gasteiger partial charge on any atom is -0.508 e. The van der Waals surface area contributed by atoms with Gasteiger partial charge < -0.3 is 14.9 Å². The molecule has 4 heteroatoms. The molecule has 0 bridgehead atoms. The van der Waals surface area contributed by atoms with Crippen molar-refractivity contribution in [1.82, 2.24) is 9.80 Å². The molecule has 0 unspecified atom stereocenters. The van der Waals surface area contributed by atoms with Gasteiger partial charge >= 0.3 is 0 Å². The molecule has 1 N–H and O–H groups in total. The molecule has 1 aromatic rings. The van der Waals surface area contributed by atoms with Crippen molar-refractivity contribution in [3.8, 4) is 5.75 Å². The Labute approximate surface area is 115 Å². The third-order valence-electron chi connectivity index (χ3n) is 2.93. The molecule has 0 saturated heterocycles. The Bertz CT molecular complexity index is 405. The summed E-state index contributed by atoms with van der Waals surface area (Å²) in [6.45, 7) is 4.47. The fraction of sp³-hybridized carbons (Fsp3) is 0.533. The molecule has 0 spiro atoms. The summed E-state index contributed by atoms with van der Waals surface area (Å²) in [5.74, 6) is 0.329. The zero-order chi connectivity index (χ0) is 14.3. The van der Waals surface area contributed by atoms with Crippen molar-refractivity contribution in [2.24, 2.45) is 0 Å². The largest absolute Gasteiger partial charge is 0.508 e. The van der Waals surface area contributed by atoms with Gasteiger partial charge in [0, 0.05) is 19.6 Å². The van der Waals surface area contributed by atoms with E-state index < -0.39 is 0 Å². The molecule has 0 radical (unpaired) electrons. The lowest BCUT2D eigenvalue weighted by molar-refractivity contribution is -0.130. The van der Waals surface area contributed by atoms with Crippen molar-refractivity contribution in [2.75, 3.05) is 33.7 Å². The third-order valence-corrected chi connectivity index (χ3v) is 2.93. The average molecular weight is 264 g/mol. The first-order valence-corrected chi connectivity index (χ1v) is 6.73. The van der Waals surface area contributed by atoms with Crippen LogP contribution in [0.3, 0.4) is 0 Å². The maximum Gasteiger partial charge on any atom is 0.227 e. The lowest BCUT2D eigenvalue weighted by Gasteiger charge is -2.24. The highest BCUT2D eigenvalue weighted by Gasteiger charge is 2.13. The SMILES string of the molecule is CCCN(CCN(C)C)C(=O)Cc1cccc(O)c1. The quantitative estimate of drug-likeness (QED) is 0.815. The molecule has 0 aliphatic carbocycles. The lowest BCUT2D eigenvalue weighted by Crippen LogP contribution is -2.38. The van der Waals surface area contributed by atoms with Crippen molar-refractivity contribution in [3.63, 3.8) is 0 Å². The molecule has 1 aromatic carbocycles. The fourth-order valence-corrected chi connectivity index (χ4v) is 1.90. The molecule has 1 rings (SSSR count). The van der Waals surface area contributed by atoms with E-state index in [-0.39, 0.29) is 11.7 Å². The van der Waals surface area contributed by atoms with Gasteiger partial charge in [-0.25, -0.2) is 0 Å². The van der Waals surface area contributed by atoms with Gasteiger partial charge in [-0.05, 0) is 38.2 Å². The molecule has 0 saturated carbocycles. The van der Waals surface area contributed by atoms with Crippen molar-refractivity contribution >= 4 is 5.91 Å². The number of amides is 1. The summed E-state index contributed by atoms with van der Waals surface area (Å²) in [6.07, 6.45) is 1.31. The predicted octanol–water partition coefficient (Wildman–Crippen LogP) is 1.73. The number of phenols is 1. The molecular formula is C15H24N2O2. The third kappa shape index (κ3) is 5.75. The van der Waals surface area contributed by atoms with Crippen LogP contribution in [0.5, 0.6) is 5.75 Å². The maximum absolute atomic E-state index is 12.3. The number of nitrogens with zero attached hydrogens (tertiary/aromatic N) is 2. The van der Waals surface area contributed by atoms with Crippen molar-refractivity contribution in [1.29, 1.82) is 0 Å². The Morgan fingerprint density at radius 2 is 1.95 bits per heavy atom. The van der Waals surface area contributed by atoms with Crippen LogP contribution >= 0.6 is 0 Å². The topological polar surface area (TPSA) is 43.8 Å². The first-order chi connectivity index (χ1) is 9.02. The molecular weight excluding hydrogens is 240 g/mol. The van der Waals surface area contributed by atoms with Gasteiger partial charge in [-0.1, -0.05) is 19.1 Å². The van der Waals surface area contributed by atoms with Crippen molar-refractivity contribution < 1.29 is 9.90 Å². The Morgan fingerprint density at radius 3 is 2.53 bits per heavy atom. The highest BCUT2D eigenvalue weighted by molar-refractivity contribution is 5.78. The van der Waals surface area contributed by atoms with Gasteiger partial charge in [-0.15, -0.1) is 0 Å². The van der Waals surface area contributed by atoms with E-state index in [0.29, 0.717) is 6.42 Å². The van der Waals surface area contributed by atoms with Crippen LogP contribution in [0.2, 0.25) is 0 Å². The minimum absolute atomic E-state index is 0.120. The number of phenolic OH excluding ortho intramolecular Hbond substituents is 1. The first-order valence-electron chi connectivity index (χ1n) is 6.73. The summed E-state index contributed by atoms with van der Waals surface area (Å²) in [4.78, 5) is 16.2. The normalized spacial score (nSPS) is 10.7. The number of hydrogen-bond donors (Lipinski definition) is 1. The summed E-state index contributed by atoms with van der Waals surface area (Å²) in [5, 5.41) is 9.41. The van der Waals surface area contributed by atoms with E-state index >= 15 is 0 Å². The molecule has 0 aliphatic heterocycles. The maximum atomic E-state index is 12.3. The van der Waals surface area contributed by atoms with Gasteiger partial charge in [-0.3, -0.25) is 4.79 Å². The molecule has 1 amide bonds. The Morgan fingerprint density at radius 1 is 1.21 bits per heavy atom. The molecule has 0 atom stereocenters. The van der Waals surface area contributed by atoms with Gasteiger partial charge in [-0.2, -0.15) is 0 Å². The smallest absolute Gasteiger partial charge is 0.227 e. The van der Waals surface area contributed by atoms with Crippen LogP contribution in [-0.4, -0.2) is 54.5 Å². The van der Waals surface area contributed by atoms with E-state index in [9.17, 15) is 9.90 Å². The van der Waals surface area contributed by atoms with Crippen LogP contribution in [0.1, 0.15) is 18.9 Å². The Kier molecular flexibility index (Phi) is 6.36. The Balaban J connectivity index is 2.60. The van der Waals surface area contributed by atoms with E-state index in [1.807, 2.05) is 25.1 Å². The summed E-state index contributed by atoms with van der Waals surface area (Å²) in [5.41, 5.74) is 0.857. The molecule has 0 fully saturated rings. The van der Waals surface area contributed by atoms with Gasteiger partial charge in [0.2, 0.25) is 5.91 Å². The second-order valence-electron chi connectivity index (χ2n) is 5.03. The summed E-state index contributed by atoms with van der Waals surface area (Å²) < 4.78 is 0. The number of rotatable bonds is 7. The molecule has 0 heterocycles. The lowest BCUT2D eigenvalue weighted by atomic mass is 10.1. The zero-order valence-electron chi connectivity index (χ0n) is 12.1. The first kappa shape index (κ1) is 15.5. The van der Waals surface area contributed by atoms with E-state index in [2.05, 4.69) is 11.8 Å². The summed E-state index contributed by atoms with van der Waals surface area (Å²) >= 11 is 0. The standard InChI is InChI=1S/C15H24N2O2/c1-4-8-17(10-9-16(2)3)15(19)12-13-6-5-7-14(18)11-13/h5-7,11,18H,4,8-10,12H2,1-3H3. The number of benzene rings is 1. The summed E-state index contributed by atoms with van der Waals surface area (Å²) in [6, 6.07) is 6.90. The molecule has 0 aliphatic rings. The molecule has 4 nitrogen and oxygen atoms in total. The minimum atomic E-state index is 0.120. The monoisotopic (exact) mass is 264 g/mol. The second-order valence-corrected chi connectivity index (χ2v) is 5.03. The number of carbonyl (C=O) groups is 1. The van der Waals surface area contributed by atoms with Gasteiger partial charge in [0.15, 0.2) is 0 Å². The number of likely N-dealkylation sites (N-methyl/N-ethyl adjacent to an activating group) is 1. The average Bonchev–Trinajstić information content (AvgIpc) is 2.34. The highest BCUT2D eigenvalue weighted by Crippen LogP contribution is 2.12. The van der Waals surface area contributed by atoms with E-state index in [1.165, 1.54) is 0 Å². The molecule has 0 aromatic heterocycles. The van der Waals surface area contributed by atoms with Crippen LogP contribution in [0.15, 0.2) is 24.3 Å². The van der Waals surface area contributed by atoms with Crippen molar-refractivity contribution in [3.05, 3.63) is 29.8 Å². The van der Waals surface area contributed by atoms with Gasteiger partial charge in [0.05, 0.1) is 6.42 Å². The van der Waals surface area contributed by atoms with Gasteiger partial charge in [0.1, 0.15) is 5.75 Å². The predicted molar refractivity (Wildman–Crippen MR) is 77.2 cm³/mol. The van der Waals surface area contributed by atoms with Crippen LogP contribution in [-0.2, 0) is 11.2 Å². The molecule has 106 valence electrons. The Hall–Kier alpha value is -1.55. The number of carbonyl (C=O) groups excluding carboxylic acids is 1. The van der Waals surface area contributed by atoms with Gasteiger partial charge in [0.25, 0.3) is 0 Å². The zero-order valence-corrected chi connectivity index (χ0v) is 12.1. The fourth-order valence-electron chi connectivity index (χ4n) is 1.90. The van der Waals surface area contributed by atoms with Crippen LogP contribution < -0.4 is 0 Å². The second kappa shape index (κ2) is 7.79. The van der Waals surface area contributed by atoms with E-state index in [0.717, 1.165) is 31.6 Å². The van der Waals surface area contributed by atoms with Crippen LogP contribution in [0, 0.1) is 0 Å². The number of hydrogen-bond acceptors (Lipinski definition) is 3. The van der Waals surface area contributed by atoms with E-state index in [1.54, 1.807) is 18.2 Å². The van der Waals surface area contributed by atoms with E-state index in [4.69, 9.17) is 0 Å². The highest BCUT2D eigenvalue weighted by atomic mass is 16.3. The number of aromatic hydroxyl groups is 1. The van der Waals surface area contributed by atoms with Crippen molar-refractivity contribution in [2.45, 2.75) is 19.8 Å². The van der Waals surface area contributed by atoms with Crippen LogP contribution in [0.25, 0.3) is 0 Å². The summed E-state index contributed by atoms with van der Waals surface area (Å²) in [7, 11) is 4.01.